The van der Waals surface area contributed by atoms with Crippen LogP contribution in [-0.4, -0.2) is 76.2 Å². The molecule has 0 saturated heterocycles. The number of ether oxygens (including phenoxy) is 2. The Hall–Kier alpha value is -1.66. The molecule has 128 valence electrons. The Morgan fingerprint density at radius 3 is 1.23 bits per heavy atom. The van der Waals surface area contributed by atoms with E-state index in [9.17, 15) is 9.59 Å². The maximum absolute atomic E-state index is 10.8. The van der Waals surface area contributed by atoms with Crippen molar-refractivity contribution in [3.63, 3.8) is 0 Å². The molecule has 0 aromatic carbocycles. The molecular formula is C16H30N2O4. The van der Waals surface area contributed by atoms with Crippen molar-refractivity contribution in [1.82, 2.24) is 9.80 Å². The van der Waals surface area contributed by atoms with Crippen LogP contribution >= 0.6 is 0 Å². The minimum atomic E-state index is -0.313. The minimum absolute atomic E-state index is 0.313. The predicted molar refractivity (Wildman–Crippen MR) is 88.7 cm³/mol. The SMILES string of the molecule is C=C(C)C(=O)OCCN(C)C.C=C(C)C(=O)OCCN(C)C. The highest BCUT2D eigenvalue weighted by Crippen LogP contribution is 1.92. The van der Waals surface area contributed by atoms with Gasteiger partial charge in [0.2, 0.25) is 0 Å². The maximum atomic E-state index is 10.8. The molecule has 0 unspecified atom stereocenters. The molecule has 0 spiro atoms. The van der Waals surface area contributed by atoms with E-state index < -0.39 is 0 Å². The highest BCUT2D eigenvalue weighted by Gasteiger charge is 2.02. The average molecular weight is 314 g/mol. The Bertz CT molecular complexity index is 340. The molecule has 0 saturated carbocycles. The van der Waals surface area contributed by atoms with E-state index in [2.05, 4.69) is 13.2 Å². The summed E-state index contributed by atoms with van der Waals surface area (Å²) in [5.74, 6) is -0.626. The van der Waals surface area contributed by atoms with E-state index in [1.54, 1.807) is 13.8 Å². The zero-order chi connectivity index (χ0) is 17.7. The third-order valence-electron chi connectivity index (χ3n) is 2.24. The molecule has 0 N–H and O–H groups in total. The molecule has 0 amide bonds. The summed E-state index contributed by atoms with van der Waals surface area (Å²) in [6, 6.07) is 0. The number of rotatable bonds is 8. The first-order valence-corrected chi connectivity index (χ1v) is 7.02. The topological polar surface area (TPSA) is 59.1 Å². The fourth-order valence-electron chi connectivity index (χ4n) is 0.888. The summed E-state index contributed by atoms with van der Waals surface area (Å²) in [6.45, 7) is 12.6. The third-order valence-corrected chi connectivity index (χ3v) is 2.24. The lowest BCUT2D eigenvalue weighted by molar-refractivity contribution is -0.140. The Labute approximate surface area is 134 Å². The van der Waals surface area contributed by atoms with E-state index in [1.165, 1.54) is 0 Å². The third kappa shape index (κ3) is 16.4. The molecular weight excluding hydrogens is 284 g/mol. The lowest BCUT2D eigenvalue weighted by Crippen LogP contribution is -2.20. The van der Waals surface area contributed by atoms with Gasteiger partial charge in [-0.1, -0.05) is 13.2 Å². The molecule has 6 heteroatoms. The van der Waals surface area contributed by atoms with Gasteiger partial charge >= 0.3 is 11.9 Å². The molecule has 0 aliphatic rings. The molecule has 0 fully saturated rings. The van der Waals surface area contributed by atoms with Gasteiger partial charge in [0, 0.05) is 24.2 Å². The Morgan fingerprint density at radius 2 is 1.05 bits per heavy atom. The van der Waals surface area contributed by atoms with Gasteiger partial charge in [0.25, 0.3) is 0 Å². The smallest absolute Gasteiger partial charge is 0.333 e. The van der Waals surface area contributed by atoms with Crippen molar-refractivity contribution in [2.75, 3.05) is 54.5 Å². The average Bonchev–Trinajstić information content (AvgIpc) is 2.38. The van der Waals surface area contributed by atoms with Crippen LogP contribution in [0.2, 0.25) is 0 Å². The van der Waals surface area contributed by atoms with Crippen LogP contribution in [0.3, 0.4) is 0 Å². The van der Waals surface area contributed by atoms with Crippen molar-refractivity contribution >= 4 is 11.9 Å². The highest BCUT2D eigenvalue weighted by atomic mass is 16.5. The first kappa shape index (κ1) is 22.6. The van der Waals surface area contributed by atoms with Gasteiger partial charge in [0.05, 0.1) is 0 Å². The van der Waals surface area contributed by atoms with Gasteiger partial charge in [-0.15, -0.1) is 0 Å². The van der Waals surface area contributed by atoms with Crippen LogP contribution in [0.25, 0.3) is 0 Å². The Kier molecular flexibility index (Phi) is 13.4. The maximum Gasteiger partial charge on any atom is 0.333 e. The molecule has 0 aliphatic carbocycles. The van der Waals surface area contributed by atoms with Crippen molar-refractivity contribution in [2.45, 2.75) is 13.8 Å². The summed E-state index contributed by atoms with van der Waals surface area (Å²) >= 11 is 0. The molecule has 0 atom stereocenters. The summed E-state index contributed by atoms with van der Waals surface area (Å²) in [5.41, 5.74) is 0.896. The first-order valence-electron chi connectivity index (χ1n) is 7.02. The molecule has 6 nitrogen and oxygen atoms in total. The zero-order valence-electron chi connectivity index (χ0n) is 14.8. The Morgan fingerprint density at radius 1 is 0.773 bits per heavy atom. The number of hydrogen-bond acceptors (Lipinski definition) is 6. The zero-order valence-corrected chi connectivity index (χ0v) is 14.8. The van der Waals surface area contributed by atoms with Crippen LogP contribution in [0.15, 0.2) is 24.3 Å². The van der Waals surface area contributed by atoms with Crippen molar-refractivity contribution in [3.8, 4) is 0 Å². The summed E-state index contributed by atoms with van der Waals surface area (Å²) in [5, 5.41) is 0. The number of hydrogen-bond donors (Lipinski definition) is 0. The van der Waals surface area contributed by atoms with Gasteiger partial charge in [-0.25, -0.2) is 9.59 Å². The van der Waals surface area contributed by atoms with E-state index in [0.717, 1.165) is 13.1 Å². The van der Waals surface area contributed by atoms with Crippen molar-refractivity contribution in [2.24, 2.45) is 0 Å². The first-order chi connectivity index (χ1) is 10.1. The fraction of sp³-hybridized carbons (Fsp3) is 0.625. The van der Waals surface area contributed by atoms with E-state index >= 15 is 0 Å². The predicted octanol–water partition coefficient (Wildman–Crippen LogP) is 1.33. The second kappa shape index (κ2) is 13.0. The number of nitrogens with zero attached hydrogens (tertiary/aromatic N) is 2. The van der Waals surface area contributed by atoms with E-state index in [-0.39, 0.29) is 11.9 Å². The summed E-state index contributed by atoms with van der Waals surface area (Å²) in [6.07, 6.45) is 0. The number of likely N-dealkylation sites (N-methyl/N-ethyl adjacent to an activating group) is 2. The lowest BCUT2D eigenvalue weighted by Gasteiger charge is -2.09. The number of carbonyl (C=O) groups is 2. The standard InChI is InChI=1S/2C8H15NO2/c2*1-7(2)8(10)11-6-5-9(3)4/h2*1,5-6H2,2-4H3. The van der Waals surface area contributed by atoms with Gasteiger partial charge in [0.15, 0.2) is 0 Å². The lowest BCUT2D eigenvalue weighted by atomic mass is 10.4. The van der Waals surface area contributed by atoms with Crippen LogP contribution in [0.1, 0.15) is 13.8 Å². The largest absolute Gasteiger partial charge is 0.461 e. The molecule has 0 rings (SSSR count). The summed E-state index contributed by atoms with van der Waals surface area (Å²) in [4.78, 5) is 25.5. The summed E-state index contributed by atoms with van der Waals surface area (Å²) in [7, 11) is 7.70. The van der Waals surface area contributed by atoms with Crippen molar-refractivity contribution < 1.29 is 19.1 Å². The van der Waals surface area contributed by atoms with Crippen LogP contribution in [0, 0.1) is 0 Å². The van der Waals surface area contributed by atoms with Gasteiger partial charge in [-0.2, -0.15) is 0 Å². The van der Waals surface area contributed by atoms with Crippen LogP contribution in [-0.2, 0) is 19.1 Å². The van der Waals surface area contributed by atoms with Crippen molar-refractivity contribution in [3.05, 3.63) is 24.3 Å². The second-order valence-electron chi connectivity index (χ2n) is 5.44. The molecule has 0 aromatic heterocycles. The quantitative estimate of drug-likeness (QED) is 0.498. The molecule has 0 aromatic rings. The molecule has 0 bridgehead atoms. The highest BCUT2D eigenvalue weighted by molar-refractivity contribution is 5.87. The van der Waals surface area contributed by atoms with E-state index in [1.807, 2.05) is 38.0 Å². The van der Waals surface area contributed by atoms with Crippen LogP contribution < -0.4 is 0 Å². The van der Waals surface area contributed by atoms with Crippen LogP contribution in [0.4, 0.5) is 0 Å². The minimum Gasteiger partial charge on any atom is -0.461 e. The number of esters is 2. The molecule has 0 aliphatic heterocycles. The van der Waals surface area contributed by atoms with Gasteiger partial charge in [-0.3, -0.25) is 0 Å². The summed E-state index contributed by atoms with van der Waals surface area (Å²) < 4.78 is 9.67. The number of carbonyl (C=O) groups excluding carboxylic acids is 2. The van der Waals surface area contributed by atoms with Gasteiger partial charge < -0.3 is 19.3 Å². The van der Waals surface area contributed by atoms with Crippen molar-refractivity contribution in [1.29, 1.82) is 0 Å². The Balaban J connectivity index is 0. The molecule has 0 radical (unpaired) electrons. The van der Waals surface area contributed by atoms with Gasteiger partial charge in [0.1, 0.15) is 13.2 Å². The monoisotopic (exact) mass is 314 g/mol. The van der Waals surface area contributed by atoms with Crippen LogP contribution in [0.5, 0.6) is 0 Å². The van der Waals surface area contributed by atoms with E-state index in [4.69, 9.17) is 9.47 Å². The van der Waals surface area contributed by atoms with Gasteiger partial charge in [-0.05, 0) is 42.0 Å². The van der Waals surface area contributed by atoms with E-state index in [0.29, 0.717) is 24.4 Å². The molecule has 22 heavy (non-hydrogen) atoms. The normalized spacial score (nSPS) is 9.82. The fourth-order valence-corrected chi connectivity index (χ4v) is 0.888. The molecule has 0 heterocycles. The second-order valence-corrected chi connectivity index (χ2v) is 5.44.